The average molecular weight is 545 g/mol. The van der Waals surface area contributed by atoms with Crippen LogP contribution < -0.4 is 15.0 Å². The lowest BCUT2D eigenvalue weighted by atomic mass is 9.84. The molecule has 0 radical (unpaired) electrons. The van der Waals surface area contributed by atoms with E-state index in [4.69, 9.17) is 16.3 Å². The molecule has 3 aliphatic heterocycles. The van der Waals surface area contributed by atoms with Gasteiger partial charge >= 0.3 is 0 Å². The Morgan fingerprint density at radius 3 is 2.46 bits per heavy atom. The minimum absolute atomic E-state index is 0.0683. The topological polar surface area (TPSA) is 122 Å². The van der Waals surface area contributed by atoms with E-state index in [0.717, 1.165) is 22.1 Å². The van der Waals surface area contributed by atoms with E-state index in [2.05, 4.69) is 5.32 Å². The number of fused-ring (bicyclic) bond motifs is 5. The van der Waals surface area contributed by atoms with E-state index in [1.54, 1.807) is 35.4 Å². The first-order chi connectivity index (χ1) is 18.8. The molecule has 3 aromatic carbocycles. The van der Waals surface area contributed by atoms with Gasteiger partial charge in [-0.15, -0.1) is 0 Å². The van der Waals surface area contributed by atoms with Crippen LogP contribution in [0.5, 0.6) is 5.75 Å². The summed E-state index contributed by atoms with van der Waals surface area (Å²) in [6, 6.07) is 16.5. The second kappa shape index (κ2) is 9.25. The van der Waals surface area contributed by atoms with Crippen molar-refractivity contribution in [2.45, 2.75) is 12.1 Å². The number of ether oxygens (including phenoxy) is 1. The standard InChI is InChI=1S/C28H21ClN4O6/c1-39-18-9-7-17(8-10-18)32-27(35)22-23(28(32)36)25(31-13-12-15-4-2-3-5-19(15)24(22)31)26(34)30-16-6-11-20(29)21(14-16)33(37)38/h2-14,22-25H,1H3,(H,30,34). The summed E-state index contributed by atoms with van der Waals surface area (Å²) in [5.74, 6) is -2.68. The number of nitrogens with one attached hydrogen (secondary N) is 1. The minimum Gasteiger partial charge on any atom is -0.497 e. The van der Waals surface area contributed by atoms with Crippen molar-refractivity contribution in [3.05, 3.63) is 99.2 Å². The number of benzene rings is 3. The molecule has 39 heavy (non-hydrogen) atoms. The van der Waals surface area contributed by atoms with Crippen molar-refractivity contribution in [1.82, 2.24) is 4.90 Å². The summed E-state index contributed by atoms with van der Waals surface area (Å²) < 4.78 is 5.20. The van der Waals surface area contributed by atoms with Crippen LogP contribution in [0.25, 0.3) is 6.08 Å². The minimum atomic E-state index is -1.04. The molecule has 0 bridgehead atoms. The number of amides is 3. The van der Waals surface area contributed by atoms with E-state index in [1.807, 2.05) is 30.3 Å². The van der Waals surface area contributed by atoms with Crippen molar-refractivity contribution in [2.75, 3.05) is 17.3 Å². The van der Waals surface area contributed by atoms with Crippen molar-refractivity contribution in [2.24, 2.45) is 11.8 Å². The van der Waals surface area contributed by atoms with Gasteiger partial charge in [-0.1, -0.05) is 35.9 Å². The Balaban J connectivity index is 1.41. The number of nitrogens with zero attached hydrogens (tertiary/aromatic N) is 3. The van der Waals surface area contributed by atoms with Gasteiger partial charge in [-0.2, -0.15) is 0 Å². The van der Waals surface area contributed by atoms with Gasteiger partial charge in [-0.3, -0.25) is 24.5 Å². The summed E-state index contributed by atoms with van der Waals surface area (Å²) in [5, 5.41) is 14.0. The molecule has 3 amide bonds. The molecule has 0 spiro atoms. The van der Waals surface area contributed by atoms with Crippen LogP contribution in [0, 0.1) is 22.0 Å². The van der Waals surface area contributed by atoms with Crippen molar-refractivity contribution in [3.63, 3.8) is 0 Å². The molecular formula is C28H21ClN4O6. The summed E-state index contributed by atoms with van der Waals surface area (Å²) in [6.45, 7) is 0. The Morgan fingerprint density at radius 1 is 1.03 bits per heavy atom. The monoisotopic (exact) mass is 544 g/mol. The van der Waals surface area contributed by atoms with Gasteiger partial charge in [0.05, 0.1) is 35.6 Å². The first kappa shape index (κ1) is 24.6. The summed E-state index contributed by atoms with van der Waals surface area (Å²) in [6.07, 6.45) is 3.58. The maximum absolute atomic E-state index is 13.9. The second-order valence-electron chi connectivity index (χ2n) is 9.46. The number of nitro benzene ring substituents is 1. The molecule has 2 fully saturated rings. The van der Waals surface area contributed by atoms with Crippen LogP contribution in [-0.4, -0.2) is 40.7 Å². The highest BCUT2D eigenvalue weighted by atomic mass is 35.5. The summed E-state index contributed by atoms with van der Waals surface area (Å²) in [7, 11) is 1.52. The largest absolute Gasteiger partial charge is 0.497 e. The van der Waals surface area contributed by atoms with Gasteiger partial charge in [0, 0.05) is 18.0 Å². The predicted molar refractivity (Wildman–Crippen MR) is 143 cm³/mol. The lowest BCUT2D eigenvalue weighted by Gasteiger charge is -2.35. The van der Waals surface area contributed by atoms with Crippen LogP contribution >= 0.6 is 11.6 Å². The maximum Gasteiger partial charge on any atom is 0.289 e. The molecule has 0 saturated carbocycles. The smallest absolute Gasteiger partial charge is 0.289 e. The van der Waals surface area contributed by atoms with Crippen LogP contribution in [0.15, 0.2) is 72.9 Å². The molecule has 2 saturated heterocycles. The van der Waals surface area contributed by atoms with Crippen LogP contribution in [0.1, 0.15) is 17.2 Å². The molecule has 196 valence electrons. The number of carbonyl (C=O) groups is 3. The summed E-state index contributed by atoms with van der Waals surface area (Å²) in [4.78, 5) is 55.2. The van der Waals surface area contributed by atoms with Crippen LogP contribution in [0.4, 0.5) is 17.1 Å². The Morgan fingerprint density at radius 2 is 1.74 bits per heavy atom. The zero-order valence-corrected chi connectivity index (χ0v) is 21.2. The van der Waals surface area contributed by atoms with Gasteiger partial charge in [-0.05, 0) is 53.6 Å². The van der Waals surface area contributed by atoms with Crippen molar-refractivity contribution < 1.29 is 24.0 Å². The van der Waals surface area contributed by atoms with Crippen LogP contribution in [0.2, 0.25) is 5.02 Å². The quantitative estimate of drug-likeness (QED) is 0.287. The fourth-order valence-electron chi connectivity index (χ4n) is 5.79. The van der Waals surface area contributed by atoms with Gasteiger partial charge in [0.2, 0.25) is 17.7 Å². The zero-order valence-electron chi connectivity index (χ0n) is 20.5. The molecule has 10 nitrogen and oxygen atoms in total. The number of halogens is 1. The fourth-order valence-corrected chi connectivity index (χ4v) is 5.98. The first-order valence-electron chi connectivity index (χ1n) is 12.1. The second-order valence-corrected chi connectivity index (χ2v) is 9.86. The van der Waals surface area contributed by atoms with Gasteiger partial charge in [0.25, 0.3) is 5.69 Å². The van der Waals surface area contributed by atoms with Crippen LogP contribution in [0.3, 0.4) is 0 Å². The lowest BCUT2D eigenvalue weighted by Crippen LogP contribution is -2.46. The molecule has 3 aliphatic rings. The molecule has 3 aromatic rings. The average Bonchev–Trinajstić information content (AvgIpc) is 3.42. The number of nitro groups is 1. The molecule has 4 atom stereocenters. The lowest BCUT2D eigenvalue weighted by molar-refractivity contribution is -0.384. The molecule has 4 unspecified atom stereocenters. The number of hydrogen-bond acceptors (Lipinski definition) is 7. The molecule has 3 heterocycles. The third kappa shape index (κ3) is 3.83. The maximum atomic E-state index is 13.9. The Labute approximate surface area is 227 Å². The van der Waals surface area contributed by atoms with E-state index < -0.39 is 46.6 Å². The number of imide groups is 1. The number of anilines is 2. The number of methoxy groups -OCH3 is 1. The Kier molecular flexibility index (Phi) is 5.84. The van der Waals surface area contributed by atoms with E-state index in [-0.39, 0.29) is 16.4 Å². The predicted octanol–water partition coefficient (Wildman–Crippen LogP) is 4.41. The molecule has 0 aliphatic carbocycles. The molecule has 0 aromatic heterocycles. The third-order valence-corrected chi connectivity index (χ3v) is 7.79. The number of rotatable bonds is 5. The van der Waals surface area contributed by atoms with Gasteiger partial charge in [0.1, 0.15) is 16.8 Å². The molecule has 1 N–H and O–H groups in total. The van der Waals surface area contributed by atoms with Gasteiger partial charge < -0.3 is 15.0 Å². The Bertz CT molecular complexity index is 1570. The van der Waals surface area contributed by atoms with Gasteiger partial charge in [0.15, 0.2) is 0 Å². The molecule has 6 rings (SSSR count). The normalized spacial score (nSPS) is 22.8. The van der Waals surface area contributed by atoms with Crippen molar-refractivity contribution in [3.8, 4) is 5.75 Å². The van der Waals surface area contributed by atoms with E-state index in [9.17, 15) is 24.5 Å². The van der Waals surface area contributed by atoms with Crippen molar-refractivity contribution in [1.29, 1.82) is 0 Å². The number of hydrogen-bond donors (Lipinski definition) is 1. The number of carbonyl (C=O) groups excluding carboxylic acids is 3. The fraction of sp³-hybridized carbons (Fsp3) is 0.179. The highest BCUT2D eigenvalue weighted by Crippen LogP contribution is 2.53. The zero-order chi connectivity index (χ0) is 27.4. The molecular weight excluding hydrogens is 524 g/mol. The highest BCUT2D eigenvalue weighted by molar-refractivity contribution is 6.32. The third-order valence-electron chi connectivity index (χ3n) is 7.47. The van der Waals surface area contributed by atoms with E-state index in [1.165, 1.54) is 19.2 Å². The SMILES string of the molecule is COc1ccc(N2C(=O)C3C(C2=O)C2c4ccccc4C=CN2C3C(=O)Nc2ccc(Cl)c([N+](=O)[O-])c2)cc1. The Hall–Kier alpha value is -4.70. The van der Waals surface area contributed by atoms with E-state index >= 15 is 0 Å². The first-order valence-corrected chi connectivity index (χ1v) is 12.5. The van der Waals surface area contributed by atoms with Crippen LogP contribution in [-0.2, 0) is 14.4 Å². The summed E-state index contributed by atoms with van der Waals surface area (Å²) >= 11 is 5.93. The van der Waals surface area contributed by atoms with Gasteiger partial charge in [-0.25, -0.2) is 4.90 Å². The molecule has 11 heteroatoms. The summed E-state index contributed by atoms with van der Waals surface area (Å²) in [5.41, 5.74) is 1.92. The van der Waals surface area contributed by atoms with E-state index in [0.29, 0.717) is 11.4 Å². The highest BCUT2D eigenvalue weighted by Gasteiger charge is 2.64. The van der Waals surface area contributed by atoms with Crippen molar-refractivity contribution >= 4 is 52.5 Å².